The summed E-state index contributed by atoms with van der Waals surface area (Å²) >= 11 is 1.68. The average Bonchev–Trinajstić information content (AvgIpc) is 3.36. The van der Waals surface area contributed by atoms with Crippen molar-refractivity contribution in [2.24, 2.45) is 0 Å². The molecule has 0 N–H and O–H groups in total. The summed E-state index contributed by atoms with van der Waals surface area (Å²) in [7, 11) is 0. The first-order chi connectivity index (χ1) is 13.6. The number of carbonyl (C=O) groups is 1. The van der Waals surface area contributed by atoms with Gasteiger partial charge in [0.2, 0.25) is 5.91 Å². The minimum absolute atomic E-state index is 0.0147. The van der Waals surface area contributed by atoms with E-state index in [9.17, 15) is 9.59 Å². The van der Waals surface area contributed by atoms with Gasteiger partial charge in [0, 0.05) is 18.0 Å². The fourth-order valence-electron chi connectivity index (χ4n) is 4.41. The van der Waals surface area contributed by atoms with Crippen LogP contribution in [0.1, 0.15) is 55.8 Å². The quantitative estimate of drug-likeness (QED) is 0.746. The van der Waals surface area contributed by atoms with E-state index in [0.29, 0.717) is 6.54 Å². The van der Waals surface area contributed by atoms with Gasteiger partial charge in [0.1, 0.15) is 17.2 Å². The third-order valence-corrected chi connectivity index (χ3v) is 7.35. The number of amides is 1. The molecule has 0 aromatic carbocycles. The highest BCUT2D eigenvalue weighted by molar-refractivity contribution is 7.18. The average molecular weight is 403 g/mol. The van der Waals surface area contributed by atoms with Crippen LogP contribution in [0.4, 0.5) is 0 Å². The number of hydrogen-bond acceptors (Lipinski definition) is 5. The van der Waals surface area contributed by atoms with Crippen molar-refractivity contribution in [2.45, 2.75) is 65.5 Å². The van der Waals surface area contributed by atoms with Crippen LogP contribution in [0, 0.1) is 0 Å². The predicted octanol–water partition coefficient (Wildman–Crippen LogP) is 2.80. The number of likely N-dealkylation sites (tertiary alicyclic amines) is 1. The summed E-state index contributed by atoms with van der Waals surface area (Å²) in [5.74, 6) is 0.776. The second-order valence-electron chi connectivity index (χ2n) is 7.86. The van der Waals surface area contributed by atoms with Gasteiger partial charge < -0.3 is 4.90 Å². The van der Waals surface area contributed by atoms with Gasteiger partial charge in [0.05, 0.1) is 11.9 Å². The summed E-state index contributed by atoms with van der Waals surface area (Å²) in [4.78, 5) is 37.6. The second kappa shape index (κ2) is 8.33. The lowest BCUT2D eigenvalue weighted by molar-refractivity contribution is -0.130. The maximum atomic E-state index is 13.5. The molecule has 0 spiro atoms. The molecule has 0 unspecified atom stereocenters. The van der Waals surface area contributed by atoms with Crippen molar-refractivity contribution in [1.82, 2.24) is 19.4 Å². The third kappa shape index (κ3) is 3.62. The van der Waals surface area contributed by atoms with E-state index in [1.165, 1.54) is 16.9 Å². The summed E-state index contributed by atoms with van der Waals surface area (Å²) in [6, 6.07) is 0. The Balaban J connectivity index is 1.79. The molecule has 1 aliphatic carbocycles. The van der Waals surface area contributed by atoms with Crippen LogP contribution in [-0.2, 0) is 30.7 Å². The van der Waals surface area contributed by atoms with Crippen molar-refractivity contribution in [2.75, 3.05) is 26.2 Å². The van der Waals surface area contributed by atoms with E-state index in [1.54, 1.807) is 15.9 Å². The maximum Gasteiger partial charge on any atom is 0.263 e. The summed E-state index contributed by atoms with van der Waals surface area (Å²) in [6.07, 6.45) is 6.44. The van der Waals surface area contributed by atoms with Crippen LogP contribution >= 0.6 is 11.3 Å². The third-order valence-electron chi connectivity index (χ3n) is 6.17. The Kier molecular flexibility index (Phi) is 5.83. The molecule has 0 saturated carbocycles. The Labute approximate surface area is 170 Å². The van der Waals surface area contributed by atoms with Gasteiger partial charge in [0.25, 0.3) is 5.56 Å². The molecule has 1 saturated heterocycles. The number of carbonyl (C=O) groups excluding carboxylic acids is 1. The van der Waals surface area contributed by atoms with Crippen LogP contribution in [0.2, 0.25) is 0 Å². The Bertz CT molecular complexity index is 923. The van der Waals surface area contributed by atoms with E-state index in [0.717, 1.165) is 74.3 Å². The molecular formula is C21H30N4O2S. The summed E-state index contributed by atoms with van der Waals surface area (Å²) in [5, 5.41) is 0.775. The summed E-state index contributed by atoms with van der Waals surface area (Å²) in [6.45, 7) is 8.35. The molecule has 6 nitrogen and oxygen atoms in total. The Morgan fingerprint density at radius 3 is 2.54 bits per heavy atom. The van der Waals surface area contributed by atoms with Gasteiger partial charge in [0.15, 0.2) is 0 Å². The first kappa shape index (κ1) is 19.6. The second-order valence-corrected chi connectivity index (χ2v) is 8.94. The lowest BCUT2D eigenvalue weighted by Gasteiger charge is -2.22. The molecule has 0 atom stereocenters. The standard InChI is InChI=1S/C21H30N4O2S/c1-3-23(4-2)13-17-22-20-19(15-9-5-6-10-16(15)28-20)21(27)25(17)14-18(26)24-11-7-8-12-24/h3-14H2,1-2H3. The smallest absolute Gasteiger partial charge is 0.263 e. The maximum absolute atomic E-state index is 13.5. The van der Waals surface area contributed by atoms with Crippen molar-refractivity contribution in [3.63, 3.8) is 0 Å². The molecule has 1 amide bonds. The summed E-state index contributed by atoms with van der Waals surface area (Å²) < 4.78 is 1.67. The molecule has 0 radical (unpaired) electrons. The zero-order chi connectivity index (χ0) is 19.7. The van der Waals surface area contributed by atoms with Crippen molar-refractivity contribution < 1.29 is 4.79 Å². The normalized spacial score (nSPS) is 16.9. The minimum Gasteiger partial charge on any atom is -0.341 e. The number of rotatable bonds is 6. The molecule has 1 fully saturated rings. The number of aromatic nitrogens is 2. The van der Waals surface area contributed by atoms with Crippen LogP contribution < -0.4 is 5.56 Å². The van der Waals surface area contributed by atoms with Crippen LogP contribution in [0.5, 0.6) is 0 Å². The minimum atomic E-state index is -0.0147. The van der Waals surface area contributed by atoms with E-state index in [4.69, 9.17) is 4.98 Å². The zero-order valence-electron chi connectivity index (χ0n) is 17.0. The molecule has 2 aromatic rings. The summed E-state index contributed by atoms with van der Waals surface area (Å²) in [5.41, 5.74) is 1.18. The lowest BCUT2D eigenvalue weighted by Crippen LogP contribution is -2.38. The number of nitrogens with zero attached hydrogens (tertiary/aromatic N) is 4. The Hall–Kier alpha value is -1.73. The van der Waals surface area contributed by atoms with Gasteiger partial charge in [-0.05, 0) is 57.2 Å². The fraction of sp³-hybridized carbons (Fsp3) is 0.667. The van der Waals surface area contributed by atoms with Gasteiger partial charge in [-0.25, -0.2) is 4.98 Å². The molecule has 152 valence electrons. The monoisotopic (exact) mass is 402 g/mol. The molecule has 2 aliphatic rings. The van der Waals surface area contributed by atoms with Crippen molar-refractivity contribution in [3.8, 4) is 0 Å². The lowest BCUT2D eigenvalue weighted by atomic mass is 9.97. The van der Waals surface area contributed by atoms with Crippen molar-refractivity contribution >= 4 is 27.5 Å². The number of hydrogen-bond donors (Lipinski definition) is 0. The van der Waals surface area contributed by atoms with Crippen molar-refractivity contribution in [1.29, 1.82) is 0 Å². The van der Waals surface area contributed by atoms with Gasteiger partial charge in [-0.1, -0.05) is 13.8 Å². The largest absolute Gasteiger partial charge is 0.341 e. The van der Waals surface area contributed by atoms with Crippen LogP contribution in [-0.4, -0.2) is 51.4 Å². The van der Waals surface area contributed by atoms with Crippen LogP contribution in [0.3, 0.4) is 0 Å². The highest BCUT2D eigenvalue weighted by atomic mass is 32.1. The van der Waals surface area contributed by atoms with Crippen molar-refractivity contribution in [3.05, 3.63) is 26.6 Å². The Morgan fingerprint density at radius 2 is 1.82 bits per heavy atom. The SMILES string of the molecule is CCN(CC)Cc1nc2sc3c(c2c(=O)n1CC(=O)N1CCCC1)CCCC3. The first-order valence-electron chi connectivity index (χ1n) is 10.7. The topological polar surface area (TPSA) is 58.4 Å². The highest BCUT2D eigenvalue weighted by Gasteiger charge is 2.25. The van der Waals surface area contributed by atoms with E-state index in [1.807, 2.05) is 4.90 Å². The van der Waals surface area contributed by atoms with E-state index >= 15 is 0 Å². The highest BCUT2D eigenvalue weighted by Crippen LogP contribution is 2.33. The Morgan fingerprint density at radius 1 is 1.11 bits per heavy atom. The molecule has 2 aromatic heterocycles. The number of fused-ring (bicyclic) bond motifs is 3. The fourth-order valence-corrected chi connectivity index (χ4v) is 5.68. The number of thiophene rings is 1. The van der Waals surface area contributed by atoms with Crippen LogP contribution in [0.25, 0.3) is 10.2 Å². The molecule has 0 bridgehead atoms. The van der Waals surface area contributed by atoms with Gasteiger partial charge in [-0.2, -0.15) is 0 Å². The molecule has 28 heavy (non-hydrogen) atoms. The van der Waals surface area contributed by atoms with E-state index in [-0.39, 0.29) is 18.0 Å². The molecule has 4 rings (SSSR count). The van der Waals surface area contributed by atoms with Crippen LogP contribution in [0.15, 0.2) is 4.79 Å². The van der Waals surface area contributed by atoms with E-state index in [2.05, 4.69) is 18.7 Å². The van der Waals surface area contributed by atoms with Gasteiger partial charge in [-0.15, -0.1) is 11.3 Å². The molecule has 1 aliphatic heterocycles. The van der Waals surface area contributed by atoms with Gasteiger partial charge >= 0.3 is 0 Å². The first-order valence-corrected chi connectivity index (χ1v) is 11.5. The molecular weight excluding hydrogens is 372 g/mol. The van der Waals surface area contributed by atoms with E-state index < -0.39 is 0 Å². The van der Waals surface area contributed by atoms with Gasteiger partial charge in [-0.3, -0.25) is 19.1 Å². The predicted molar refractivity (Wildman–Crippen MR) is 113 cm³/mol. The molecule has 7 heteroatoms. The molecule has 3 heterocycles. The zero-order valence-corrected chi connectivity index (χ0v) is 17.8. The number of aryl methyl sites for hydroxylation is 2.